The molecule has 27 heavy (non-hydrogen) atoms. The lowest BCUT2D eigenvalue weighted by Gasteiger charge is -2.47. The normalized spacial score (nSPS) is 28.8. The number of methoxy groups -OCH3 is 1. The minimum atomic E-state index is -0.161. The maximum Gasteiger partial charge on any atom is 0.230 e. The molecule has 0 saturated carbocycles. The topological polar surface area (TPSA) is 36.0 Å². The number of thiophene rings is 1. The zero-order valence-corrected chi connectivity index (χ0v) is 17.6. The first-order valence-corrected chi connectivity index (χ1v) is 11.3. The molecule has 1 aromatic rings. The molecule has 4 rings (SSSR count). The first-order valence-electron chi connectivity index (χ1n) is 10.4. The van der Waals surface area contributed by atoms with E-state index in [1.165, 1.54) is 5.56 Å². The van der Waals surface area contributed by atoms with Crippen molar-refractivity contribution in [3.8, 4) is 0 Å². The van der Waals surface area contributed by atoms with Crippen LogP contribution in [0.2, 0.25) is 0 Å². The van der Waals surface area contributed by atoms with E-state index < -0.39 is 0 Å². The van der Waals surface area contributed by atoms with Gasteiger partial charge in [0.25, 0.3) is 0 Å². The summed E-state index contributed by atoms with van der Waals surface area (Å²) < 4.78 is 5.33. The van der Waals surface area contributed by atoms with Gasteiger partial charge in [0.1, 0.15) is 0 Å². The van der Waals surface area contributed by atoms with Gasteiger partial charge in [0.05, 0.1) is 12.0 Å². The van der Waals surface area contributed by atoms with Crippen LogP contribution >= 0.6 is 11.3 Å². The Labute approximate surface area is 167 Å². The molecule has 150 valence electrons. The molecule has 0 aliphatic carbocycles. The Balaban J connectivity index is 1.51. The number of rotatable bonds is 6. The molecule has 0 aromatic carbocycles. The molecule has 1 amide bonds. The van der Waals surface area contributed by atoms with Crippen LogP contribution in [-0.4, -0.2) is 80.1 Å². The summed E-state index contributed by atoms with van der Waals surface area (Å²) in [6.07, 6.45) is 3.32. The molecule has 0 N–H and O–H groups in total. The van der Waals surface area contributed by atoms with E-state index in [4.69, 9.17) is 4.74 Å². The second-order valence-electron chi connectivity index (χ2n) is 8.61. The molecule has 4 heterocycles. The highest BCUT2D eigenvalue weighted by molar-refractivity contribution is 7.07. The molecule has 1 aromatic heterocycles. The SMILES string of the molecule is CCN1CCC2(CN(CCOC)CC23CCN(Cc2ccsc2)CC3)C1=O. The lowest BCUT2D eigenvalue weighted by molar-refractivity contribution is -0.142. The summed E-state index contributed by atoms with van der Waals surface area (Å²) in [6, 6.07) is 2.23. The fourth-order valence-corrected chi connectivity index (χ4v) is 6.42. The van der Waals surface area contributed by atoms with Gasteiger partial charge in [-0.2, -0.15) is 11.3 Å². The van der Waals surface area contributed by atoms with Gasteiger partial charge in [-0.1, -0.05) is 0 Å². The van der Waals surface area contributed by atoms with E-state index >= 15 is 0 Å². The third kappa shape index (κ3) is 3.35. The second kappa shape index (κ2) is 7.82. The van der Waals surface area contributed by atoms with Crippen LogP contribution in [0.4, 0.5) is 0 Å². The number of ether oxygens (including phenoxy) is 1. The van der Waals surface area contributed by atoms with Gasteiger partial charge in [0.2, 0.25) is 5.91 Å². The van der Waals surface area contributed by atoms with Crippen molar-refractivity contribution >= 4 is 17.2 Å². The minimum Gasteiger partial charge on any atom is -0.383 e. The molecule has 6 heteroatoms. The van der Waals surface area contributed by atoms with Gasteiger partial charge in [-0.15, -0.1) is 0 Å². The molecule has 2 spiro atoms. The largest absolute Gasteiger partial charge is 0.383 e. The van der Waals surface area contributed by atoms with Crippen LogP contribution in [0.15, 0.2) is 16.8 Å². The predicted octanol–water partition coefficient (Wildman–Crippen LogP) is 2.53. The van der Waals surface area contributed by atoms with E-state index in [1.54, 1.807) is 18.4 Å². The molecular formula is C21H33N3O2S. The van der Waals surface area contributed by atoms with Crippen LogP contribution in [-0.2, 0) is 16.1 Å². The average Bonchev–Trinajstić information content (AvgIpc) is 3.37. The Morgan fingerprint density at radius 3 is 2.59 bits per heavy atom. The van der Waals surface area contributed by atoms with Crippen LogP contribution in [0.25, 0.3) is 0 Å². The lowest BCUT2D eigenvalue weighted by atomic mass is 9.60. The first kappa shape index (κ1) is 19.4. The minimum absolute atomic E-state index is 0.146. The average molecular weight is 392 g/mol. The van der Waals surface area contributed by atoms with Crippen molar-refractivity contribution < 1.29 is 9.53 Å². The summed E-state index contributed by atoms with van der Waals surface area (Å²) in [5.41, 5.74) is 1.41. The number of fused-ring (bicyclic) bond motifs is 1. The Kier molecular flexibility index (Phi) is 5.61. The molecule has 1 unspecified atom stereocenters. The third-order valence-corrected chi connectivity index (χ3v) is 8.06. The summed E-state index contributed by atoms with van der Waals surface area (Å²) >= 11 is 1.78. The van der Waals surface area contributed by atoms with E-state index in [-0.39, 0.29) is 10.8 Å². The van der Waals surface area contributed by atoms with Crippen LogP contribution < -0.4 is 0 Å². The predicted molar refractivity (Wildman–Crippen MR) is 109 cm³/mol. The summed E-state index contributed by atoms with van der Waals surface area (Å²) in [7, 11) is 1.77. The Morgan fingerprint density at radius 2 is 1.96 bits per heavy atom. The summed E-state index contributed by atoms with van der Waals surface area (Å²) in [5.74, 6) is 0.427. The monoisotopic (exact) mass is 391 g/mol. The number of carbonyl (C=O) groups is 1. The molecule has 1 atom stereocenters. The van der Waals surface area contributed by atoms with E-state index in [0.717, 1.165) is 78.2 Å². The number of nitrogens with zero attached hydrogens (tertiary/aromatic N) is 3. The third-order valence-electron chi connectivity index (χ3n) is 7.33. The molecule has 3 saturated heterocycles. The van der Waals surface area contributed by atoms with Crippen molar-refractivity contribution in [2.24, 2.45) is 10.8 Å². The number of hydrogen-bond donors (Lipinski definition) is 0. The van der Waals surface area contributed by atoms with Crippen molar-refractivity contribution in [3.63, 3.8) is 0 Å². The highest BCUT2D eigenvalue weighted by Crippen LogP contribution is 2.57. The van der Waals surface area contributed by atoms with Gasteiger partial charge in [0, 0.05) is 51.8 Å². The zero-order chi connectivity index (χ0) is 18.9. The second-order valence-corrected chi connectivity index (χ2v) is 9.39. The quantitative estimate of drug-likeness (QED) is 0.747. The maximum atomic E-state index is 13.4. The Bertz CT molecular complexity index is 642. The molecule has 3 fully saturated rings. The zero-order valence-electron chi connectivity index (χ0n) is 16.8. The highest BCUT2D eigenvalue weighted by Gasteiger charge is 2.64. The fourth-order valence-electron chi connectivity index (χ4n) is 5.76. The smallest absolute Gasteiger partial charge is 0.230 e. The summed E-state index contributed by atoms with van der Waals surface area (Å²) in [4.78, 5) is 20.6. The van der Waals surface area contributed by atoms with E-state index in [0.29, 0.717) is 5.91 Å². The Morgan fingerprint density at radius 1 is 1.15 bits per heavy atom. The van der Waals surface area contributed by atoms with Crippen LogP contribution in [0.5, 0.6) is 0 Å². The van der Waals surface area contributed by atoms with Crippen molar-refractivity contribution in [2.45, 2.75) is 32.7 Å². The van der Waals surface area contributed by atoms with Gasteiger partial charge in [-0.05, 0) is 61.7 Å². The number of piperidine rings is 1. The highest BCUT2D eigenvalue weighted by atomic mass is 32.1. The van der Waals surface area contributed by atoms with Gasteiger partial charge in [0.15, 0.2) is 0 Å². The fraction of sp³-hybridized carbons (Fsp3) is 0.762. The number of carbonyl (C=O) groups excluding carboxylic acids is 1. The summed E-state index contributed by atoms with van der Waals surface area (Å²) in [6.45, 7) is 10.8. The van der Waals surface area contributed by atoms with Crippen LogP contribution in [0, 0.1) is 10.8 Å². The van der Waals surface area contributed by atoms with Crippen molar-refractivity contribution in [2.75, 3.05) is 59.5 Å². The van der Waals surface area contributed by atoms with E-state index in [9.17, 15) is 4.79 Å². The van der Waals surface area contributed by atoms with Gasteiger partial charge >= 0.3 is 0 Å². The molecular weight excluding hydrogens is 358 g/mol. The van der Waals surface area contributed by atoms with Crippen LogP contribution in [0.1, 0.15) is 31.7 Å². The van der Waals surface area contributed by atoms with Gasteiger partial charge in [-0.25, -0.2) is 0 Å². The van der Waals surface area contributed by atoms with Gasteiger partial charge < -0.3 is 9.64 Å². The molecule has 0 bridgehead atoms. The number of amides is 1. The molecule has 3 aliphatic heterocycles. The van der Waals surface area contributed by atoms with Crippen LogP contribution in [0.3, 0.4) is 0 Å². The Hall–Kier alpha value is -0.950. The standard InChI is InChI=1S/C21H33N3O2S/c1-3-24-10-7-21(19(24)25)17-23(11-12-26-2)16-20(21)5-8-22(9-6-20)14-18-4-13-27-15-18/h4,13,15H,3,5-12,14,16-17H2,1-2H3. The van der Waals surface area contributed by atoms with Crippen molar-refractivity contribution in [1.29, 1.82) is 0 Å². The van der Waals surface area contributed by atoms with Crippen molar-refractivity contribution in [3.05, 3.63) is 22.4 Å². The first-order chi connectivity index (χ1) is 13.1. The maximum absolute atomic E-state index is 13.4. The molecule has 0 radical (unpaired) electrons. The lowest BCUT2D eigenvalue weighted by Crippen LogP contribution is -2.52. The van der Waals surface area contributed by atoms with Gasteiger partial charge in [-0.3, -0.25) is 14.6 Å². The van der Waals surface area contributed by atoms with Crippen molar-refractivity contribution in [1.82, 2.24) is 14.7 Å². The number of hydrogen-bond acceptors (Lipinski definition) is 5. The number of likely N-dealkylation sites (tertiary alicyclic amines) is 3. The van der Waals surface area contributed by atoms with E-state index in [2.05, 4.69) is 38.4 Å². The molecule has 5 nitrogen and oxygen atoms in total. The molecule has 3 aliphatic rings. The summed E-state index contributed by atoms with van der Waals surface area (Å²) in [5, 5.41) is 4.42. The van der Waals surface area contributed by atoms with E-state index in [1.807, 2.05) is 0 Å².